The lowest BCUT2D eigenvalue weighted by Crippen LogP contribution is -2.33. The number of nitrogens with zero attached hydrogens (tertiary/aromatic N) is 1. The predicted molar refractivity (Wildman–Crippen MR) is 87.9 cm³/mol. The van der Waals surface area contributed by atoms with Crippen LogP contribution in [0, 0.1) is 0 Å². The van der Waals surface area contributed by atoms with Crippen LogP contribution in [0.3, 0.4) is 0 Å². The number of hydrogen-bond acceptors (Lipinski definition) is 4. The number of aryl methyl sites for hydroxylation is 1. The van der Waals surface area contributed by atoms with Gasteiger partial charge >= 0.3 is 5.97 Å². The smallest absolute Gasteiger partial charge is 0.307 e. The molecular weight excluding hydrogens is 350 g/mol. The number of hydrogen-bond donors (Lipinski definition) is 0. The lowest BCUT2D eigenvalue weighted by Gasteiger charge is -2.20. The lowest BCUT2D eigenvalue weighted by atomic mass is 10.1. The summed E-state index contributed by atoms with van der Waals surface area (Å²) >= 11 is 3.43. The molecule has 1 rings (SSSR count). The normalized spacial score (nSPS) is 10.2. The van der Waals surface area contributed by atoms with Crippen molar-refractivity contribution < 1.29 is 19.1 Å². The Kier molecular flexibility index (Phi) is 7.95. The van der Waals surface area contributed by atoms with E-state index in [2.05, 4.69) is 20.7 Å². The van der Waals surface area contributed by atoms with Crippen LogP contribution in [0.15, 0.2) is 22.7 Å². The lowest BCUT2D eigenvalue weighted by molar-refractivity contribution is -0.141. The molecule has 1 aromatic carbocycles. The van der Waals surface area contributed by atoms with Crippen molar-refractivity contribution in [2.75, 3.05) is 27.3 Å². The Hall–Kier alpha value is -1.56. The van der Waals surface area contributed by atoms with Crippen LogP contribution in [0.2, 0.25) is 0 Å². The molecule has 0 fully saturated rings. The molecule has 0 aromatic heterocycles. The first-order valence-electron chi connectivity index (χ1n) is 7.18. The van der Waals surface area contributed by atoms with Gasteiger partial charge in [-0.25, -0.2) is 0 Å². The van der Waals surface area contributed by atoms with Crippen LogP contribution in [-0.2, 0) is 20.7 Å². The van der Waals surface area contributed by atoms with Gasteiger partial charge in [0.2, 0.25) is 5.91 Å². The number of carbonyl (C=O) groups excluding carboxylic acids is 2. The summed E-state index contributed by atoms with van der Waals surface area (Å²) in [5.41, 5.74) is 1.06. The summed E-state index contributed by atoms with van der Waals surface area (Å²) in [5.74, 6) is 0.506. The quantitative estimate of drug-likeness (QED) is 0.659. The monoisotopic (exact) mass is 371 g/mol. The second-order valence-electron chi connectivity index (χ2n) is 4.77. The van der Waals surface area contributed by atoms with E-state index in [0.717, 1.165) is 15.8 Å². The standard InChI is InChI=1S/C16H22BrNO4/c1-4-18(10-9-16(20)22-3)15(19)8-6-12-5-7-14(21-2)13(17)11-12/h5,7,11H,4,6,8-10H2,1-3H3. The van der Waals surface area contributed by atoms with Gasteiger partial charge < -0.3 is 14.4 Å². The van der Waals surface area contributed by atoms with Crippen molar-refractivity contribution in [3.05, 3.63) is 28.2 Å². The van der Waals surface area contributed by atoms with Crippen LogP contribution in [0.25, 0.3) is 0 Å². The summed E-state index contributed by atoms with van der Waals surface area (Å²) in [6.07, 6.45) is 1.29. The minimum Gasteiger partial charge on any atom is -0.496 e. The Morgan fingerprint density at radius 2 is 1.95 bits per heavy atom. The highest BCUT2D eigenvalue weighted by Gasteiger charge is 2.13. The van der Waals surface area contributed by atoms with Gasteiger partial charge in [0, 0.05) is 19.5 Å². The highest BCUT2D eigenvalue weighted by Crippen LogP contribution is 2.26. The maximum absolute atomic E-state index is 12.2. The molecule has 1 aromatic rings. The third-order valence-corrected chi connectivity index (χ3v) is 4.01. The first kappa shape index (κ1) is 18.5. The van der Waals surface area contributed by atoms with E-state index in [1.807, 2.05) is 25.1 Å². The number of halogens is 1. The van der Waals surface area contributed by atoms with Crippen molar-refractivity contribution in [2.45, 2.75) is 26.2 Å². The van der Waals surface area contributed by atoms with Crippen LogP contribution in [0.4, 0.5) is 0 Å². The molecule has 0 aliphatic rings. The fourth-order valence-corrected chi connectivity index (χ4v) is 2.65. The molecular formula is C16H22BrNO4. The van der Waals surface area contributed by atoms with Crippen molar-refractivity contribution >= 4 is 27.8 Å². The molecule has 0 saturated carbocycles. The Bertz CT molecular complexity index is 519. The van der Waals surface area contributed by atoms with Gasteiger partial charge in [-0.05, 0) is 47.0 Å². The molecule has 0 radical (unpaired) electrons. The van der Waals surface area contributed by atoms with Gasteiger partial charge in [0.05, 0.1) is 25.1 Å². The Labute approximate surface area is 139 Å². The van der Waals surface area contributed by atoms with Crippen LogP contribution in [-0.4, -0.2) is 44.1 Å². The first-order valence-corrected chi connectivity index (χ1v) is 7.98. The Morgan fingerprint density at radius 3 is 2.50 bits per heavy atom. The molecule has 6 heteroatoms. The average Bonchev–Trinajstić information content (AvgIpc) is 2.53. The molecule has 22 heavy (non-hydrogen) atoms. The maximum atomic E-state index is 12.2. The van der Waals surface area contributed by atoms with Crippen LogP contribution in [0.1, 0.15) is 25.3 Å². The van der Waals surface area contributed by atoms with Crippen LogP contribution >= 0.6 is 15.9 Å². The molecule has 1 amide bonds. The van der Waals surface area contributed by atoms with E-state index < -0.39 is 0 Å². The van der Waals surface area contributed by atoms with E-state index in [4.69, 9.17) is 4.74 Å². The minimum atomic E-state index is -0.301. The van der Waals surface area contributed by atoms with Crippen molar-refractivity contribution in [3.8, 4) is 5.75 Å². The Balaban J connectivity index is 2.52. The van der Waals surface area contributed by atoms with E-state index in [0.29, 0.717) is 25.9 Å². The zero-order valence-corrected chi connectivity index (χ0v) is 14.8. The third-order valence-electron chi connectivity index (χ3n) is 3.39. The summed E-state index contributed by atoms with van der Waals surface area (Å²) in [5, 5.41) is 0. The zero-order valence-electron chi connectivity index (χ0n) is 13.2. The predicted octanol–water partition coefficient (Wildman–Crippen LogP) is 2.80. The fraction of sp³-hybridized carbons (Fsp3) is 0.500. The topological polar surface area (TPSA) is 55.8 Å². The van der Waals surface area contributed by atoms with Crippen molar-refractivity contribution in [2.24, 2.45) is 0 Å². The number of amides is 1. The van der Waals surface area contributed by atoms with Gasteiger partial charge in [-0.2, -0.15) is 0 Å². The molecule has 0 atom stereocenters. The summed E-state index contributed by atoms with van der Waals surface area (Å²) in [6.45, 7) is 2.88. The van der Waals surface area contributed by atoms with Crippen molar-refractivity contribution in [3.63, 3.8) is 0 Å². The summed E-state index contributed by atoms with van der Waals surface area (Å²) < 4.78 is 10.6. The number of methoxy groups -OCH3 is 2. The first-order chi connectivity index (χ1) is 10.5. The maximum Gasteiger partial charge on any atom is 0.307 e. The number of esters is 1. The molecule has 0 aliphatic carbocycles. The van der Waals surface area contributed by atoms with Gasteiger partial charge in [-0.1, -0.05) is 6.07 Å². The van der Waals surface area contributed by atoms with E-state index in [1.54, 1.807) is 12.0 Å². The number of benzene rings is 1. The number of rotatable bonds is 8. The van der Waals surface area contributed by atoms with Crippen molar-refractivity contribution in [1.29, 1.82) is 0 Å². The van der Waals surface area contributed by atoms with Gasteiger partial charge in [0.15, 0.2) is 0 Å². The largest absolute Gasteiger partial charge is 0.496 e. The average molecular weight is 372 g/mol. The van der Waals surface area contributed by atoms with Gasteiger partial charge in [0.1, 0.15) is 5.75 Å². The summed E-state index contributed by atoms with van der Waals surface area (Å²) in [4.78, 5) is 25.0. The van der Waals surface area contributed by atoms with E-state index in [1.165, 1.54) is 7.11 Å². The molecule has 5 nitrogen and oxygen atoms in total. The second-order valence-corrected chi connectivity index (χ2v) is 5.62. The Morgan fingerprint density at radius 1 is 1.23 bits per heavy atom. The van der Waals surface area contributed by atoms with E-state index >= 15 is 0 Å². The summed E-state index contributed by atoms with van der Waals surface area (Å²) in [6, 6.07) is 5.77. The SMILES string of the molecule is CCN(CCC(=O)OC)C(=O)CCc1ccc(OC)c(Br)c1. The van der Waals surface area contributed by atoms with Gasteiger partial charge in [0.25, 0.3) is 0 Å². The molecule has 0 N–H and O–H groups in total. The van der Waals surface area contributed by atoms with E-state index in [-0.39, 0.29) is 18.3 Å². The van der Waals surface area contributed by atoms with Gasteiger partial charge in [-0.3, -0.25) is 9.59 Å². The van der Waals surface area contributed by atoms with Crippen molar-refractivity contribution in [1.82, 2.24) is 4.90 Å². The van der Waals surface area contributed by atoms with Crippen LogP contribution in [0.5, 0.6) is 5.75 Å². The van der Waals surface area contributed by atoms with Crippen LogP contribution < -0.4 is 4.74 Å². The second kappa shape index (κ2) is 9.46. The molecule has 0 saturated heterocycles. The number of ether oxygens (including phenoxy) is 2. The molecule has 122 valence electrons. The summed E-state index contributed by atoms with van der Waals surface area (Å²) in [7, 11) is 2.96. The number of carbonyl (C=O) groups is 2. The fourth-order valence-electron chi connectivity index (χ4n) is 2.06. The molecule has 0 heterocycles. The van der Waals surface area contributed by atoms with Gasteiger partial charge in [-0.15, -0.1) is 0 Å². The van der Waals surface area contributed by atoms with E-state index in [9.17, 15) is 9.59 Å². The zero-order chi connectivity index (χ0) is 16.5. The molecule has 0 bridgehead atoms. The highest BCUT2D eigenvalue weighted by atomic mass is 79.9. The molecule has 0 aliphatic heterocycles. The third kappa shape index (κ3) is 5.67. The molecule has 0 spiro atoms. The minimum absolute atomic E-state index is 0.0401. The molecule has 0 unspecified atom stereocenters. The highest BCUT2D eigenvalue weighted by molar-refractivity contribution is 9.10.